The molecule has 0 fully saturated rings. The van der Waals surface area contributed by atoms with Crippen molar-refractivity contribution in [3.8, 4) is 11.5 Å². The van der Waals surface area contributed by atoms with Gasteiger partial charge in [-0.05, 0) is 36.4 Å². The lowest BCUT2D eigenvalue weighted by Gasteiger charge is -2.08. The first-order valence-corrected chi connectivity index (χ1v) is 5.92. The average Bonchev–Trinajstić information content (AvgIpc) is 2.41. The third-order valence-corrected chi connectivity index (χ3v) is 2.85. The number of methoxy groups -OCH3 is 1. The van der Waals surface area contributed by atoms with E-state index in [1.165, 1.54) is 31.4 Å². The van der Waals surface area contributed by atoms with Gasteiger partial charge in [0.1, 0.15) is 11.5 Å². The quantitative estimate of drug-likeness (QED) is 0.905. The summed E-state index contributed by atoms with van der Waals surface area (Å²) < 4.78 is 5.07. The minimum atomic E-state index is -0.274. The van der Waals surface area contributed by atoms with E-state index in [-0.39, 0.29) is 11.7 Å². The summed E-state index contributed by atoms with van der Waals surface area (Å²) in [4.78, 5) is 11.9. The van der Waals surface area contributed by atoms with Gasteiger partial charge in [0.15, 0.2) is 0 Å². The number of hydrogen-bond donors (Lipinski definition) is 2. The number of phenolic OH excluding ortho intramolecular Hbond substituents is 1. The molecule has 0 heterocycles. The van der Waals surface area contributed by atoms with Gasteiger partial charge in [-0.15, -0.1) is 0 Å². The molecule has 5 heteroatoms. The maximum absolute atomic E-state index is 11.9. The zero-order chi connectivity index (χ0) is 13.8. The van der Waals surface area contributed by atoms with E-state index in [4.69, 9.17) is 21.4 Å². The Bertz CT molecular complexity index is 596. The van der Waals surface area contributed by atoms with Crippen LogP contribution >= 0.6 is 11.6 Å². The van der Waals surface area contributed by atoms with E-state index in [1.807, 2.05) is 0 Å². The third-order valence-electron chi connectivity index (χ3n) is 2.54. The minimum absolute atomic E-state index is 0.115. The molecule has 0 aromatic heterocycles. The fourth-order valence-electron chi connectivity index (χ4n) is 1.55. The highest BCUT2D eigenvalue weighted by molar-refractivity contribution is 6.32. The summed E-state index contributed by atoms with van der Waals surface area (Å²) in [5.74, 6) is 0.333. The number of amides is 1. The van der Waals surface area contributed by atoms with Crippen molar-refractivity contribution in [2.24, 2.45) is 0 Å². The Morgan fingerprint density at radius 3 is 2.53 bits per heavy atom. The second kappa shape index (κ2) is 5.63. The lowest BCUT2D eigenvalue weighted by molar-refractivity contribution is 0.102. The van der Waals surface area contributed by atoms with Crippen LogP contribution < -0.4 is 10.1 Å². The minimum Gasteiger partial charge on any atom is -0.508 e. The smallest absolute Gasteiger partial charge is 0.255 e. The number of halogens is 1. The summed E-state index contributed by atoms with van der Waals surface area (Å²) >= 11 is 5.90. The molecule has 19 heavy (non-hydrogen) atoms. The molecular weight excluding hydrogens is 266 g/mol. The molecule has 0 saturated heterocycles. The third kappa shape index (κ3) is 3.17. The largest absolute Gasteiger partial charge is 0.508 e. The number of carbonyl (C=O) groups excluding carboxylic acids is 1. The summed E-state index contributed by atoms with van der Waals surface area (Å²) in [6, 6.07) is 11.0. The predicted octanol–water partition coefficient (Wildman–Crippen LogP) is 3.31. The Balaban J connectivity index is 2.17. The fraction of sp³-hybridized carbons (Fsp3) is 0.0714. The van der Waals surface area contributed by atoms with Gasteiger partial charge in [-0.25, -0.2) is 0 Å². The summed E-state index contributed by atoms with van der Waals surface area (Å²) in [6.07, 6.45) is 0. The molecule has 2 N–H and O–H groups in total. The molecule has 0 spiro atoms. The number of anilines is 1. The molecule has 0 aliphatic carbocycles. The molecule has 0 saturated carbocycles. The zero-order valence-electron chi connectivity index (χ0n) is 10.2. The number of phenols is 1. The Hall–Kier alpha value is -2.20. The van der Waals surface area contributed by atoms with E-state index in [9.17, 15) is 4.79 Å². The van der Waals surface area contributed by atoms with Crippen LogP contribution in [0.1, 0.15) is 10.4 Å². The normalized spacial score (nSPS) is 10.0. The number of benzene rings is 2. The maximum Gasteiger partial charge on any atom is 0.255 e. The van der Waals surface area contributed by atoms with E-state index in [0.717, 1.165) is 0 Å². The molecule has 0 aliphatic rings. The van der Waals surface area contributed by atoms with Gasteiger partial charge in [-0.3, -0.25) is 4.79 Å². The van der Waals surface area contributed by atoms with Gasteiger partial charge >= 0.3 is 0 Å². The SMILES string of the molecule is COc1cc(NC(=O)c2ccc(O)cc2)ccc1Cl. The number of aromatic hydroxyl groups is 1. The zero-order valence-corrected chi connectivity index (χ0v) is 10.9. The molecule has 1 amide bonds. The van der Waals surface area contributed by atoms with Crippen LogP contribution in [0.25, 0.3) is 0 Å². The van der Waals surface area contributed by atoms with Crippen LogP contribution in [0, 0.1) is 0 Å². The van der Waals surface area contributed by atoms with Crippen LogP contribution in [-0.4, -0.2) is 18.1 Å². The van der Waals surface area contributed by atoms with Gasteiger partial charge in [0.25, 0.3) is 5.91 Å². The van der Waals surface area contributed by atoms with Crippen molar-refractivity contribution in [2.45, 2.75) is 0 Å². The summed E-state index contributed by atoms with van der Waals surface area (Å²) in [5, 5.41) is 12.4. The lowest BCUT2D eigenvalue weighted by atomic mass is 10.2. The standard InChI is InChI=1S/C14H12ClNO3/c1-19-13-8-10(4-7-12(13)15)16-14(18)9-2-5-11(17)6-3-9/h2-8,17H,1H3,(H,16,18). The van der Waals surface area contributed by atoms with Crippen LogP contribution in [0.2, 0.25) is 5.02 Å². The molecule has 0 unspecified atom stereocenters. The molecule has 0 atom stereocenters. The van der Waals surface area contributed by atoms with Crippen LogP contribution in [0.15, 0.2) is 42.5 Å². The van der Waals surface area contributed by atoms with Crippen LogP contribution in [0.5, 0.6) is 11.5 Å². The number of rotatable bonds is 3. The number of nitrogens with one attached hydrogen (secondary N) is 1. The Labute approximate surface area is 115 Å². The molecule has 0 aliphatic heterocycles. The van der Waals surface area contributed by atoms with E-state index in [1.54, 1.807) is 18.2 Å². The molecular formula is C14H12ClNO3. The van der Waals surface area contributed by atoms with Crippen molar-refractivity contribution in [1.82, 2.24) is 0 Å². The van der Waals surface area contributed by atoms with Crippen molar-refractivity contribution in [2.75, 3.05) is 12.4 Å². The van der Waals surface area contributed by atoms with Crippen LogP contribution in [-0.2, 0) is 0 Å². The number of carbonyl (C=O) groups is 1. The van der Waals surface area contributed by atoms with Gasteiger partial charge in [0.05, 0.1) is 12.1 Å². The molecule has 2 aromatic rings. The first-order valence-electron chi connectivity index (χ1n) is 5.54. The lowest BCUT2D eigenvalue weighted by Crippen LogP contribution is -2.11. The first kappa shape index (κ1) is 13.2. The predicted molar refractivity (Wildman–Crippen MR) is 74.1 cm³/mol. The summed E-state index contributed by atoms with van der Waals surface area (Å²) in [7, 11) is 1.51. The highest BCUT2D eigenvalue weighted by atomic mass is 35.5. The van der Waals surface area contributed by atoms with Crippen molar-refractivity contribution < 1.29 is 14.6 Å². The molecule has 2 aromatic carbocycles. The molecule has 98 valence electrons. The number of hydrogen-bond acceptors (Lipinski definition) is 3. The maximum atomic E-state index is 11.9. The molecule has 0 radical (unpaired) electrons. The van der Waals surface area contributed by atoms with E-state index >= 15 is 0 Å². The average molecular weight is 278 g/mol. The highest BCUT2D eigenvalue weighted by Gasteiger charge is 2.08. The van der Waals surface area contributed by atoms with Gasteiger partial charge < -0.3 is 15.2 Å². The second-order valence-electron chi connectivity index (χ2n) is 3.85. The number of ether oxygens (including phenoxy) is 1. The first-order chi connectivity index (χ1) is 9.10. The Kier molecular flexibility index (Phi) is 3.92. The fourth-order valence-corrected chi connectivity index (χ4v) is 1.75. The van der Waals surface area contributed by atoms with Crippen LogP contribution in [0.3, 0.4) is 0 Å². The van der Waals surface area contributed by atoms with Gasteiger partial charge in [0, 0.05) is 17.3 Å². The highest BCUT2D eigenvalue weighted by Crippen LogP contribution is 2.27. The monoisotopic (exact) mass is 277 g/mol. The Morgan fingerprint density at radius 1 is 1.21 bits per heavy atom. The Morgan fingerprint density at radius 2 is 1.89 bits per heavy atom. The summed E-state index contributed by atoms with van der Waals surface area (Å²) in [5.41, 5.74) is 1.03. The van der Waals surface area contributed by atoms with Gasteiger partial charge in [-0.1, -0.05) is 11.6 Å². The summed E-state index contributed by atoms with van der Waals surface area (Å²) in [6.45, 7) is 0. The van der Waals surface area contributed by atoms with Gasteiger partial charge in [0.2, 0.25) is 0 Å². The molecule has 0 bridgehead atoms. The van der Waals surface area contributed by atoms with Gasteiger partial charge in [-0.2, -0.15) is 0 Å². The van der Waals surface area contributed by atoms with Crippen molar-refractivity contribution in [3.05, 3.63) is 53.1 Å². The van der Waals surface area contributed by atoms with E-state index in [0.29, 0.717) is 22.0 Å². The molecule has 4 nitrogen and oxygen atoms in total. The van der Waals surface area contributed by atoms with Crippen molar-refractivity contribution in [1.29, 1.82) is 0 Å². The van der Waals surface area contributed by atoms with Crippen molar-refractivity contribution in [3.63, 3.8) is 0 Å². The van der Waals surface area contributed by atoms with Crippen molar-refractivity contribution >= 4 is 23.2 Å². The topological polar surface area (TPSA) is 58.6 Å². The molecule has 2 rings (SSSR count). The van der Waals surface area contributed by atoms with E-state index in [2.05, 4.69) is 5.32 Å². The van der Waals surface area contributed by atoms with E-state index < -0.39 is 0 Å². The second-order valence-corrected chi connectivity index (χ2v) is 4.26. The van der Waals surface area contributed by atoms with Crippen LogP contribution in [0.4, 0.5) is 5.69 Å².